The third kappa shape index (κ3) is 2.80. The molecule has 0 bridgehead atoms. The van der Waals surface area contributed by atoms with Crippen LogP contribution < -0.4 is 0 Å². The molecule has 0 N–H and O–H groups in total. The maximum atomic E-state index is 11.4. The van der Waals surface area contributed by atoms with Gasteiger partial charge in [-0.05, 0) is 24.3 Å². The zero-order valence-corrected chi connectivity index (χ0v) is 11.0. The van der Waals surface area contributed by atoms with Crippen LogP contribution in [0.25, 0.3) is 11.4 Å². The van der Waals surface area contributed by atoms with Gasteiger partial charge in [-0.25, -0.2) is 9.59 Å². The highest BCUT2D eigenvalue weighted by molar-refractivity contribution is 5.91. The van der Waals surface area contributed by atoms with E-state index in [1.165, 1.54) is 26.6 Å². The van der Waals surface area contributed by atoms with Crippen molar-refractivity contribution in [3.8, 4) is 11.4 Å². The molecule has 0 radical (unpaired) electrons. The van der Waals surface area contributed by atoms with Crippen molar-refractivity contribution in [2.75, 3.05) is 14.2 Å². The Morgan fingerprint density at radius 3 is 2.20 bits per heavy atom. The average Bonchev–Trinajstić information content (AvgIpc) is 2.53. The Bertz CT molecular complexity index is 638. The van der Waals surface area contributed by atoms with Crippen LogP contribution in [0.15, 0.2) is 36.7 Å². The van der Waals surface area contributed by atoms with Crippen LogP contribution >= 0.6 is 0 Å². The number of carbonyl (C=O) groups is 2. The van der Waals surface area contributed by atoms with Crippen LogP contribution in [0, 0.1) is 0 Å². The fourth-order valence-corrected chi connectivity index (χ4v) is 1.60. The number of nitrogens with zero attached hydrogens (tertiary/aromatic N) is 2. The van der Waals surface area contributed by atoms with E-state index >= 15 is 0 Å². The normalized spacial score (nSPS) is 9.90. The summed E-state index contributed by atoms with van der Waals surface area (Å²) in [4.78, 5) is 31.0. The Kier molecular flexibility index (Phi) is 4.05. The summed E-state index contributed by atoms with van der Waals surface area (Å²) in [5.41, 5.74) is 1.80. The number of aromatic nitrogens is 2. The van der Waals surface area contributed by atoms with Gasteiger partial charge >= 0.3 is 11.9 Å². The molecule has 102 valence electrons. The van der Waals surface area contributed by atoms with Gasteiger partial charge in [0.1, 0.15) is 0 Å². The number of ether oxygens (including phenoxy) is 2. The quantitative estimate of drug-likeness (QED) is 0.791. The minimum Gasteiger partial charge on any atom is -0.465 e. The second kappa shape index (κ2) is 5.92. The fourth-order valence-electron chi connectivity index (χ4n) is 1.60. The second-order valence-corrected chi connectivity index (χ2v) is 3.85. The molecule has 2 heterocycles. The maximum Gasteiger partial charge on any atom is 0.339 e. The molecule has 0 aliphatic rings. The zero-order valence-electron chi connectivity index (χ0n) is 11.0. The molecule has 0 saturated heterocycles. The molecule has 0 aliphatic carbocycles. The molecule has 0 spiro atoms. The van der Waals surface area contributed by atoms with Crippen molar-refractivity contribution < 1.29 is 19.1 Å². The van der Waals surface area contributed by atoms with Crippen LogP contribution in [-0.4, -0.2) is 36.1 Å². The summed E-state index contributed by atoms with van der Waals surface area (Å²) < 4.78 is 9.24. The highest BCUT2D eigenvalue weighted by atomic mass is 16.5. The van der Waals surface area contributed by atoms with E-state index in [1.807, 2.05) is 0 Å². The van der Waals surface area contributed by atoms with E-state index in [-0.39, 0.29) is 0 Å². The van der Waals surface area contributed by atoms with Crippen molar-refractivity contribution in [2.24, 2.45) is 0 Å². The van der Waals surface area contributed by atoms with Crippen LogP contribution in [0.3, 0.4) is 0 Å². The van der Waals surface area contributed by atoms with Gasteiger partial charge in [0.05, 0.1) is 36.7 Å². The summed E-state index contributed by atoms with van der Waals surface area (Å²) in [7, 11) is 2.61. The first-order chi connectivity index (χ1) is 9.65. The lowest BCUT2D eigenvalue weighted by Gasteiger charge is -2.04. The van der Waals surface area contributed by atoms with Gasteiger partial charge in [0.25, 0.3) is 0 Å². The summed E-state index contributed by atoms with van der Waals surface area (Å²) in [6, 6.07) is 6.35. The first-order valence-corrected chi connectivity index (χ1v) is 5.75. The summed E-state index contributed by atoms with van der Waals surface area (Å²) in [5, 5.41) is 0. The number of methoxy groups -OCH3 is 2. The Balaban J connectivity index is 2.32. The minimum atomic E-state index is -0.458. The Morgan fingerprint density at radius 1 is 0.900 bits per heavy atom. The van der Waals surface area contributed by atoms with Crippen molar-refractivity contribution in [2.45, 2.75) is 0 Å². The molecule has 0 aromatic carbocycles. The van der Waals surface area contributed by atoms with Crippen LogP contribution in [0.1, 0.15) is 20.7 Å². The predicted octanol–water partition coefficient (Wildman–Crippen LogP) is 1.72. The van der Waals surface area contributed by atoms with Gasteiger partial charge in [-0.2, -0.15) is 0 Å². The van der Waals surface area contributed by atoms with Gasteiger partial charge in [0.15, 0.2) is 0 Å². The smallest absolute Gasteiger partial charge is 0.339 e. The summed E-state index contributed by atoms with van der Waals surface area (Å²) >= 11 is 0. The van der Waals surface area contributed by atoms with Crippen molar-refractivity contribution in [1.29, 1.82) is 0 Å². The van der Waals surface area contributed by atoms with Crippen molar-refractivity contribution in [3.05, 3.63) is 47.8 Å². The monoisotopic (exact) mass is 272 g/mol. The molecule has 6 nitrogen and oxygen atoms in total. The summed E-state index contributed by atoms with van der Waals surface area (Å²) in [5.74, 6) is -0.903. The van der Waals surface area contributed by atoms with Crippen molar-refractivity contribution in [1.82, 2.24) is 9.97 Å². The Labute approximate surface area is 115 Å². The second-order valence-electron chi connectivity index (χ2n) is 3.85. The molecule has 6 heteroatoms. The molecule has 0 saturated carbocycles. The first kappa shape index (κ1) is 13.7. The van der Waals surface area contributed by atoms with E-state index in [0.29, 0.717) is 22.5 Å². The van der Waals surface area contributed by atoms with Crippen molar-refractivity contribution >= 4 is 11.9 Å². The number of pyridine rings is 2. The summed E-state index contributed by atoms with van der Waals surface area (Å²) in [6.45, 7) is 0. The Morgan fingerprint density at radius 2 is 1.60 bits per heavy atom. The third-order valence-corrected chi connectivity index (χ3v) is 2.63. The number of rotatable bonds is 3. The Hall–Kier alpha value is -2.76. The van der Waals surface area contributed by atoms with E-state index in [0.717, 1.165) is 0 Å². The molecule has 0 fully saturated rings. The zero-order chi connectivity index (χ0) is 14.5. The molecule has 2 rings (SSSR count). The van der Waals surface area contributed by atoms with Crippen molar-refractivity contribution in [3.63, 3.8) is 0 Å². The molecule has 0 aliphatic heterocycles. The van der Waals surface area contributed by atoms with Crippen LogP contribution in [0.5, 0.6) is 0 Å². The lowest BCUT2D eigenvalue weighted by atomic mass is 10.1. The number of hydrogen-bond acceptors (Lipinski definition) is 6. The van der Waals surface area contributed by atoms with E-state index in [2.05, 4.69) is 19.4 Å². The van der Waals surface area contributed by atoms with Crippen LogP contribution in [-0.2, 0) is 9.47 Å². The average molecular weight is 272 g/mol. The lowest BCUT2D eigenvalue weighted by Crippen LogP contribution is -2.03. The predicted molar refractivity (Wildman–Crippen MR) is 70.1 cm³/mol. The molecule has 0 amide bonds. The third-order valence-electron chi connectivity index (χ3n) is 2.63. The minimum absolute atomic E-state index is 0.348. The van der Waals surface area contributed by atoms with Gasteiger partial charge in [-0.3, -0.25) is 9.97 Å². The van der Waals surface area contributed by atoms with E-state index in [1.54, 1.807) is 24.3 Å². The van der Waals surface area contributed by atoms with Gasteiger partial charge in [-0.15, -0.1) is 0 Å². The lowest BCUT2D eigenvalue weighted by molar-refractivity contribution is 0.0591. The van der Waals surface area contributed by atoms with Gasteiger partial charge in [0, 0.05) is 12.4 Å². The molecule has 2 aromatic heterocycles. The molecule has 0 unspecified atom stereocenters. The van der Waals surface area contributed by atoms with Crippen LogP contribution in [0.4, 0.5) is 0 Å². The van der Waals surface area contributed by atoms with E-state index in [9.17, 15) is 9.59 Å². The molecule has 2 aromatic rings. The van der Waals surface area contributed by atoms with Gasteiger partial charge in [0.2, 0.25) is 0 Å². The van der Waals surface area contributed by atoms with Gasteiger partial charge < -0.3 is 9.47 Å². The number of hydrogen-bond donors (Lipinski definition) is 0. The van der Waals surface area contributed by atoms with E-state index < -0.39 is 11.9 Å². The van der Waals surface area contributed by atoms with Crippen LogP contribution in [0.2, 0.25) is 0 Å². The topological polar surface area (TPSA) is 78.4 Å². The SMILES string of the molecule is COC(=O)c1ccc(-c2cc(C(=O)OC)ccn2)nc1. The standard InChI is InChI=1S/C14H12N2O4/c1-19-13(17)9-5-6-15-12(7-9)11-4-3-10(8-16-11)14(18)20-2/h3-8H,1-2H3. The molecule has 20 heavy (non-hydrogen) atoms. The highest BCUT2D eigenvalue weighted by Gasteiger charge is 2.10. The largest absolute Gasteiger partial charge is 0.465 e. The fraction of sp³-hybridized carbons (Fsp3) is 0.143. The van der Waals surface area contributed by atoms with Gasteiger partial charge in [-0.1, -0.05) is 0 Å². The summed E-state index contributed by atoms with van der Waals surface area (Å²) in [6.07, 6.45) is 2.89. The molecular weight excluding hydrogens is 260 g/mol. The maximum absolute atomic E-state index is 11.4. The highest BCUT2D eigenvalue weighted by Crippen LogP contribution is 2.16. The number of carbonyl (C=O) groups excluding carboxylic acids is 2. The van der Waals surface area contributed by atoms with E-state index in [4.69, 9.17) is 0 Å². The first-order valence-electron chi connectivity index (χ1n) is 5.75. The number of esters is 2. The molecule has 0 atom stereocenters. The molecular formula is C14H12N2O4.